The summed E-state index contributed by atoms with van der Waals surface area (Å²) in [5.41, 5.74) is -0.364. The van der Waals surface area contributed by atoms with Gasteiger partial charge in [-0.05, 0) is 0 Å². The van der Waals surface area contributed by atoms with Gasteiger partial charge in [-0.25, -0.2) is 13.2 Å². The van der Waals surface area contributed by atoms with Crippen molar-refractivity contribution in [3.8, 4) is 5.75 Å². The van der Waals surface area contributed by atoms with E-state index in [-0.39, 0.29) is 11.3 Å². The Morgan fingerprint density at radius 3 is 2.57 bits per heavy atom. The molecule has 2 nitrogen and oxygen atoms in total. The lowest BCUT2D eigenvalue weighted by Crippen LogP contribution is -2.06. The zero-order chi connectivity index (χ0) is 10.7. The van der Waals surface area contributed by atoms with Crippen molar-refractivity contribution in [1.82, 2.24) is 0 Å². The van der Waals surface area contributed by atoms with Gasteiger partial charge in [-0.3, -0.25) is 0 Å². The first kappa shape index (κ1) is 10.8. The van der Waals surface area contributed by atoms with Gasteiger partial charge in [-0.15, -0.1) is 0 Å². The second-order valence-electron chi connectivity index (χ2n) is 2.67. The molecule has 1 aromatic carbocycles. The van der Waals surface area contributed by atoms with E-state index in [0.29, 0.717) is 6.07 Å². The highest BCUT2D eigenvalue weighted by Crippen LogP contribution is 2.29. The molecule has 0 saturated heterocycles. The first-order chi connectivity index (χ1) is 6.60. The molecule has 1 aromatic rings. The molecule has 0 aliphatic rings. The van der Waals surface area contributed by atoms with Gasteiger partial charge in [0.1, 0.15) is 30.2 Å². The molecule has 1 N–H and O–H groups in total. The third-order valence-electron chi connectivity index (χ3n) is 1.76. The van der Waals surface area contributed by atoms with E-state index >= 15 is 0 Å². The van der Waals surface area contributed by atoms with Crippen molar-refractivity contribution in [2.75, 3.05) is 13.8 Å². The third kappa shape index (κ3) is 1.98. The number of hydrogen-bond donors (Lipinski definition) is 1. The Morgan fingerprint density at radius 2 is 2.07 bits per heavy atom. The molecular formula is C9H9F3O2. The van der Waals surface area contributed by atoms with Gasteiger partial charge in [0.25, 0.3) is 0 Å². The van der Waals surface area contributed by atoms with E-state index in [4.69, 9.17) is 5.11 Å². The summed E-state index contributed by atoms with van der Waals surface area (Å²) in [6.07, 6.45) is -1.63. The van der Waals surface area contributed by atoms with Crippen LogP contribution in [0.5, 0.6) is 5.75 Å². The summed E-state index contributed by atoms with van der Waals surface area (Å²) < 4.78 is 42.5. The molecule has 0 saturated carbocycles. The maximum atomic E-state index is 13.1. The summed E-state index contributed by atoms with van der Waals surface area (Å²) in [6.45, 7) is -1.15. The molecule has 1 atom stereocenters. The minimum atomic E-state index is -1.63. The molecule has 5 heteroatoms. The second-order valence-corrected chi connectivity index (χ2v) is 2.67. The number of benzene rings is 1. The van der Waals surface area contributed by atoms with E-state index in [1.165, 1.54) is 7.11 Å². The van der Waals surface area contributed by atoms with Crippen LogP contribution in [0.1, 0.15) is 11.7 Å². The van der Waals surface area contributed by atoms with Crippen LogP contribution in [-0.4, -0.2) is 18.9 Å². The van der Waals surface area contributed by atoms with Crippen molar-refractivity contribution >= 4 is 0 Å². The van der Waals surface area contributed by atoms with Crippen molar-refractivity contribution < 1.29 is 23.0 Å². The summed E-state index contributed by atoms with van der Waals surface area (Å²) in [7, 11) is 1.18. The van der Waals surface area contributed by atoms with Gasteiger partial charge in [0, 0.05) is 12.1 Å². The van der Waals surface area contributed by atoms with E-state index in [1.807, 2.05) is 0 Å². The molecule has 0 heterocycles. The molecule has 0 fully saturated rings. The Kier molecular flexibility index (Phi) is 3.35. The summed E-state index contributed by atoms with van der Waals surface area (Å²) in [4.78, 5) is 0. The van der Waals surface area contributed by atoms with Crippen molar-refractivity contribution in [3.05, 3.63) is 29.3 Å². The fraction of sp³-hybridized carbons (Fsp3) is 0.333. The molecule has 1 rings (SSSR count). The maximum Gasteiger partial charge on any atom is 0.135 e. The fourth-order valence-corrected chi connectivity index (χ4v) is 1.13. The predicted octanol–water partition coefficient (Wildman–Crippen LogP) is 1.98. The molecule has 0 aliphatic carbocycles. The smallest absolute Gasteiger partial charge is 0.135 e. The van der Waals surface area contributed by atoms with Crippen LogP contribution in [0.25, 0.3) is 0 Å². The molecular weight excluding hydrogens is 197 g/mol. The topological polar surface area (TPSA) is 29.5 Å². The normalized spacial score (nSPS) is 12.6. The molecule has 0 aromatic heterocycles. The van der Waals surface area contributed by atoms with Crippen LogP contribution in [0.3, 0.4) is 0 Å². The van der Waals surface area contributed by atoms with Crippen LogP contribution in [0.4, 0.5) is 13.2 Å². The Bertz CT molecular complexity index is 328. The first-order valence-corrected chi connectivity index (χ1v) is 3.87. The lowest BCUT2D eigenvalue weighted by molar-refractivity contribution is 0.134. The number of methoxy groups -OCH3 is 1. The highest BCUT2D eigenvalue weighted by Gasteiger charge is 2.19. The van der Waals surface area contributed by atoms with Crippen molar-refractivity contribution in [3.63, 3.8) is 0 Å². The quantitative estimate of drug-likeness (QED) is 0.819. The third-order valence-corrected chi connectivity index (χ3v) is 1.76. The van der Waals surface area contributed by atoms with Gasteiger partial charge in [-0.1, -0.05) is 0 Å². The lowest BCUT2D eigenvalue weighted by Gasteiger charge is -2.12. The maximum absolute atomic E-state index is 13.1. The minimum Gasteiger partial charge on any atom is -0.496 e. The number of aliphatic hydroxyl groups excluding tert-OH is 1. The average molecular weight is 206 g/mol. The van der Waals surface area contributed by atoms with Crippen LogP contribution in [0, 0.1) is 11.6 Å². The molecule has 0 bridgehead atoms. The molecule has 1 unspecified atom stereocenters. The average Bonchev–Trinajstić information content (AvgIpc) is 2.15. The van der Waals surface area contributed by atoms with Crippen LogP contribution in [0.2, 0.25) is 0 Å². The molecule has 0 aliphatic heterocycles. The predicted molar refractivity (Wildman–Crippen MR) is 43.8 cm³/mol. The lowest BCUT2D eigenvalue weighted by atomic mass is 10.1. The van der Waals surface area contributed by atoms with Crippen LogP contribution in [0.15, 0.2) is 12.1 Å². The zero-order valence-corrected chi connectivity index (χ0v) is 7.43. The fourth-order valence-electron chi connectivity index (χ4n) is 1.13. The molecule has 0 amide bonds. The SMILES string of the molecule is COc1cc(F)cc(F)c1C(O)CF. The van der Waals surface area contributed by atoms with Crippen LogP contribution < -0.4 is 4.74 Å². The standard InChI is InChI=1S/C9H9F3O2/c1-14-8-3-5(11)2-6(12)9(8)7(13)4-10/h2-3,7,13H,4H2,1H3. The largest absolute Gasteiger partial charge is 0.496 e. The van der Waals surface area contributed by atoms with Gasteiger partial charge in [0.2, 0.25) is 0 Å². The monoisotopic (exact) mass is 206 g/mol. The van der Waals surface area contributed by atoms with Crippen molar-refractivity contribution in [2.24, 2.45) is 0 Å². The van der Waals surface area contributed by atoms with E-state index in [2.05, 4.69) is 4.74 Å². The number of ether oxygens (including phenoxy) is 1. The summed E-state index contributed by atoms with van der Waals surface area (Å²) >= 11 is 0. The Labute approximate surface area is 78.9 Å². The van der Waals surface area contributed by atoms with Crippen molar-refractivity contribution in [1.29, 1.82) is 0 Å². The molecule has 14 heavy (non-hydrogen) atoms. The van der Waals surface area contributed by atoms with Gasteiger partial charge in [0.15, 0.2) is 0 Å². The van der Waals surface area contributed by atoms with Gasteiger partial charge in [0.05, 0.1) is 12.7 Å². The van der Waals surface area contributed by atoms with Gasteiger partial charge in [-0.2, -0.15) is 0 Å². The summed E-state index contributed by atoms with van der Waals surface area (Å²) in [6, 6.07) is 1.45. The number of aliphatic hydroxyl groups is 1. The summed E-state index contributed by atoms with van der Waals surface area (Å²) in [5, 5.41) is 9.10. The van der Waals surface area contributed by atoms with E-state index in [0.717, 1.165) is 6.07 Å². The van der Waals surface area contributed by atoms with Crippen LogP contribution >= 0.6 is 0 Å². The number of hydrogen-bond acceptors (Lipinski definition) is 2. The van der Waals surface area contributed by atoms with Crippen molar-refractivity contribution in [2.45, 2.75) is 6.10 Å². The Balaban J connectivity index is 3.24. The molecule has 0 spiro atoms. The minimum absolute atomic E-state index is 0.201. The first-order valence-electron chi connectivity index (χ1n) is 3.87. The highest BCUT2D eigenvalue weighted by atomic mass is 19.1. The van der Waals surface area contributed by atoms with Crippen LogP contribution in [-0.2, 0) is 0 Å². The Hall–Kier alpha value is -1.23. The molecule has 78 valence electrons. The second kappa shape index (κ2) is 4.32. The number of rotatable bonds is 3. The Morgan fingerprint density at radius 1 is 1.43 bits per heavy atom. The number of alkyl halides is 1. The molecule has 0 radical (unpaired) electrons. The van der Waals surface area contributed by atoms with E-state index in [1.54, 1.807) is 0 Å². The van der Waals surface area contributed by atoms with E-state index in [9.17, 15) is 13.2 Å². The summed E-state index contributed by atoms with van der Waals surface area (Å²) in [5.74, 6) is -2.06. The number of halogens is 3. The van der Waals surface area contributed by atoms with E-state index < -0.39 is 24.4 Å². The van der Waals surface area contributed by atoms with Gasteiger partial charge >= 0.3 is 0 Å². The highest BCUT2D eigenvalue weighted by molar-refractivity contribution is 5.37. The van der Waals surface area contributed by atoms with Gasteiger partial charge < -0.3 is 9.84 Å². The zero-order valence-electron chi connectivity index (χ0n) is 7.43.